The quantitative estimate of drug-likeness (QED) is 0.331. The molecule has 2 amide bonds. The minimum Gasteiger partial charge on any atom is -0.297 e. The van der Waals surface area contributed by atoms with Gasteiger partial charge in [-0.2, -0.15) is 0 Å². The van der Waals surface area contributed by atoms with Crippen LogP contribution in [0.1, 0.15) is 20.7 Å². The number of nitrogens with zero attached hydrogens (tertiary/aromatic N) is 3. The monoisotopic (exact) mass is 477 g/mol. The number of carbonyl (C=O) groups is 2. The zero-order valence-electron chi connectivity index (χ0n) is 18.5. The van der Waals surface area contributed by atoms with Crippen LogP contribution in [-0.2, 0) is 6.54 Å². The highest BCUT2D eigenvalue weighted by atomic mass is 32.1. The molecule has 6 nitrogen and oxygen atoms in total. The summed E-state index contributed by atoms with van der Waals surface area (Å²) in [7, 11) is 0. The Hall–Kier alpha value is -4.36. The van der Waals surface area contributed by atoms with Gasteiger partial charge in [0.25, 0.3) is 17.4 Å². The van der Waals surface area contributed by atoms with Crippen molar-refractivity contribution < 1.29 is 9.59 Å². The second-order valence-electron chi connectivity index (χ2n) is 8.32. The average molecular weight is 478 g/mol. The van der Waals surface area contributed by atoms with Crippen molar-refractivity contribution in [3.8, 4) is 22.3 Å². The first-order valence-electron chi connectivity index (χ1n) is 11.2. The first-order chi connectivity index (χ1) is 17.1. The van der Waals surface area contributed by atoms with Gasteiger partial charge in [0.2, 0.25) is 0 Å². The van der Waals surface area contributed by atoms with Gasteiger partial charge in [0.1, 0.15) is 4.83 Å². The second kappa shape index (κ2) is 8.45. The molecular weight excluding hydrogens is 458 g/mol. The van der Waals surface area contributed by atoms with Gasteiger partial charge in [0.05, 0.1) is 22.8 Å². The standard InChI is InChI=1S/C28H19N3O3S/c32-26-21-8-4-5-9-22(21)27(33)31(26)15-14-30-17-29-25-24(28(30)34)23(16-35-25)20-12-10-19(11-13-20)18-6-2-1-3-7-18/h1-13,16-17H,14-15H2. The molecule has 1 aliphatic rings. The lowest BCUT2D eigenvalue weighted by Gasteiger charge is -2.14. The highest BCUT2D eigenvalue weighted by molar-refractivity contribution is 7.17. The highest BCUT2D eigenvalue weighted by Crippen LogP contribution is 2.32. The summed E-state index contributed by atoms with van der Waals surface area (Å²) in [6.07, 6.45) is 1.49. The first-order valence-corrected chi connectivity index (χ1v) is 12.1. The van der Waals surface area contributed by atoms with Crippen LogP contribution in [0.2, 0.25) is 0 Å². The number of hydrogen-bond acceptors (Lipinski definition) is 5. The fraction of sp³-hybridized carbons (Fsp3) is 0.0714. The Balaban J connectivity index is 1.29. The summed E-state index contributed by atoms with van der Waals surface area (Å²) in [6, 6.07) is 25.0. The zero-order valence-corrected chi connectivity index (χ0v) is 19.4. The summed E-state index contributed by atoms with van der Waals surface area (Å²) in [5.74, 6) is -0.662. The molecule has 0 fully saturated rings. The van der Waals surface area contributed by atoms with Gasteiger partial charge in [0.15, 0.2) is 0 Å². The van der Waals surface area contributed by atoms with Gasteiger partial charge in [0, 0.05) is 24.0 Å². The van der Waals surface area contributed by atoms with Crippen LogP contribution in [0, 0.1) is 0 Å². The van der Waals surface area contributed by atoms with Crippen molar-refractivity contribution in [2.45, 2.75) is 6.54 Å². The van der Waals surface area contributed by atoms with Crippen LogP contribution in [0.4, 0.5) is 0 Å². The molecule has 6 rings (SSSR count). The van der Waals surface area contributed by atoms with Gasteiger partial charge in [-0.1, -0.05) is 66.7 Å². The van der Waals surface area contributed by atoms with E-state index in [1.165, 1.54) is 27.1 Å². The minimum absolute atomic E-state index is 0.102. The number of hydrogen-bond donors (Lipinski definition) is 0. The number of thiophene rings is 1. The Morgan fingerprint density at radius 2 is 1.26 bits per heavy atom. The van der Waals surface area contributed by atoms with Crippen LogP contribution in [0.5, 0.6) is 0 Å². The molecule has 5 aromatic rings. The summed E-state index contributed by atoms with van der Waals surface area (Å²) in [5, 5.41) is 2.50. The van der Waals surface area contributed by atoms with Crippen molar-refractivity contribution in [3.05, 3.63) is 112 Å². The van der Waals surface area contributed by atoms with E-state index in [9.17, 15) is 14.4 Å². The molecule has 7 heteroatoms. The summed E-state index contributed by atoms with van der Waals surface area (Å²) in [6.45, 7) is 0.278. The molecule has 0 saturated carbocycles. The van der Waals surface area contributed by atoms with Crippen molar-refractivity contribution in [1.82, 2.24) is 14.5 Å². The summed E-state index contributed by atoms with van der Waals surface area (Å²) >= 11 is 1.42. The van der Waals surface area contributed by atoms with Crippen molar-refractivity contribution in [2.75, 3.05) is 6.54 Å². The molecule has 0 saturated heterocycles. The molecule has 0 atom stereocenters. The number of rotatable bonds is 5. The number of carbonyl (C=O) groups excluding carboxylic acids is 2. The summed E-state index contributed by atoms with van der Waals surface area (Å²) < 4.78 is 1.47. The molecule has 0 N–H and O–H groups in total. The Morgan fingerprint density at radius 3 is 1.94 bits per heavy atom. The maximum absolute atomic E-state index is 13.4. The molecular formula is C28H19N3O3S. The molecule has 1 aliphatic heterocycles. The molecule has 0 aliphatic carbocycles. The van der Waals surface area contributed by atoms with Gasteiger partial charge >= 0.3 is 0 Å². The average Bonchev–Trinajstić information content (AvgIpc) is 3.44. The van der Waals surface area contributed by atoms with Crippen LogP contribution in [0.3, 0.4) is 0 Å². The number of fused-ring (bicyclic) bond motifs is 2. The third kappa shape index (κ3) is 3.57. The van der Waals surface area contributed by atoms with Gasteiger partial charge in [-0.15, -0.1) is 11.3 Å². The smallest absolute Gasteiger partial charge is 0.262 e. The molecule has 0 bridgehead atoms. The van der Waals surface area contributed by atoms with Crippen LogP contribution >= 0.6 is 11.3 Å². The van der Waals surface area contributed by atoms with Crippen molar-refractivity contribution in [2.24, 2.45) is 0 Å². The van der Waals surface area contributed by atoms with E-state index in [1.54, 1.807) is 24.3 Å². The van der Waals surface area contributed by atoms with E-state index >= 15 is 0 Å². The first kappa shape index (κ1) is 21.2. The molecule has 170 valence electrons. The number of aromatic nitrogens is 2. The molecule has 2 aromatic heterocycles. The zero-order chi connectivity index (χ0) is 23.9. The van der Waals surface area contributed by atoms with Crippen LogP contribution in [0.25, 0.3) is 32.5 Å². The third-order valence-corrected chi connectivity index (χ3v) is 7.19. The number of benzene rings is 3. The predicted molar refractivity (Wildman–Crippen MR) is 137 cm³/mol. The molecule has 0 unspecified atom stereocenters. The van der Waals surface area contributed by atoms with Crippen LogP contribution < -0.4 is 5.56 Å². The maximum Gasteiger partial charge on any atom is 0.262 e. The topological polar surface area (TPSA) is 72.3 Å². The van der Waals surface area contributed by atoms with E-state index < -0.39 is 0 Å². The van der Waals surface area contributed by atoms with Crippen LogP contribution in [-0.4, -0.2) is 32.8 Å². The van der Waals surface area contributed by atoms with E-state index in [0.29, 0.717) is 21.3 Å². The normalized spacial score (nSPS) is 13.0. The third-order valence-electron chi connectivity index (χ3n) is 6.31. The van der Waals surface area contributed by atoms with E-state index in [4.69, 9.17) is 0 Å². The van der Waals surface area contributed by atoms with Crippen molar-refractivity contribution in [1.29, 1.82) is 0 Å². The Bertz CT molecular complexity index is 1620. The lowest BCUT2D eigenvalue weighted by Crippen LogP contribution is -2.35. The van der Waals surface area contributed by atoms with Crippen molar-refractivity contribution >= 4 is 33.4 Å². The second-order valence-corrected chi connectivity index (χ2v) is 9.18. The van der Waals surface area contributed by atoms with Gasteiger partial charge in [-0.3, -0.25) is 23.9 Å². The van der Waals surface area contributed by atoms with E-state index in [2.05, 4.69) is 17.1 Å². The molecule has 0 radical (unpaired) electrons. The number of amides is 2. The van der Waals surface area contributed by atoms with Gasteiger partial charge < -0.3 is 0 Å². The molecule has 0 spiro atoms. The molecule has 3 heterocycles. The van der Waals surface area contributed by atoms with E-state index in [0.717, 1.165) is 22.3 Å². The van der Waals surface area contributed by atoms with Crippen LogP contribution in [0.15, 0.2) is 95.4 Å². The molecule has 35 heavy (non-hydrogen) atoms. The lowest BCUT2D eigenvalue weighted by atomic mass is 10.0. The highest BCUT2D eigenvalue weighted by Gasteiger charge is 2.34. The maximum atomic E-state index is 13.4. The molecule has 3 aromatic carbocycles. The van der Waals surface area contributed by atoms with Crippen molar-refractivity contribution in [3.63, 3.8) is 0 Å². The number of imide groups is 1. The SMILES string of the molecule is O=C1c2ccccc2C(=O)N1CCn1cnc2scc(-c3ccc(-c4ccccc4)cc3)c2c1=O. The van der Waals surface area contributed by atoms with Gasteiger partial charge in [-0.05, 0) is 28.8 Å². The predicted octanol–water partition coefficient (Wildman–Crippen LogP) is 5.09. The summed E-state index contributed by atoms with van der Waals surface area (Å²) in [4.78, 5) is 45.0. The fourth-order valence-electron chi connectivity index (χ4n) is 4.46. The largest absolute Gasteiger partial charge is 0.297 e. The fourth-order valence-corrected chi connectivity index (χ4v) is 5.37. The lowest BCUT2D eigenvalue weighted by molar-refractivity contribution is 0.0648. The van der Waals surface area contributed by atoms with E-state index in [1.807, 2.05) is 47.8 Å². The Morgan fingerprint density at radius 1 is 0.657 bits per heavy atom. The summed E-state index contributed by atoms with van der Waals surface area (Å²) in [5.41, 5.74) is 4.62. The minimum atomic E-state index is -0.331. The van der Waals surface area contributed by atoms with E-state index in [-0.39, 0.29) is 30.5 Å². The van der Waals surface area contributed by atoms with Gasteiger partial charge in [-0.25, -0.2) is 4.98 Å². The Kier molecular flexibility index (Phi) is 5.12. The Labute approximate surface area is 204 Å².